The summed E-state index contributed by atoms with van der Waals surface area (Å²) in [6, 6.07) is 6.57. The fourth-order valence-electron chi connectivity index (χ4n) is 4.28. The second kappa shape index (κ2) is 16.2. The van der Waals surface area contributed by atoms with Crippen LogP contribution in [0.5, 0.6) is 0 Å². The van der Waals surface area contributed by atoms with Crippen LogP contribution in [0, 0.1) is 18.6 Å². The van der Waals surface area contributed by atoms with E-state index < -0.39 is 35.8 Å². The van der Waals surface area contributed by atoms with Crippen molar-refractivity contribution in [1.82, 2.24) is 10.2 Å². The quantitative estimate of drug-likeness (QED) is 0.277. The minimum absolute atomic E-state index is 0.172. The van der Waals surface area contributed by atoms with Gasteiger partial charge < -0.3 is 29.9 Å². The number of aliphatic hydroxyl groups is 2. The van der Waals surface area contributed by atoms with E-state index in [1.165, 1.54) is 13.2 Å². The van der Waals surface area contributed by atoms with Crippen LogP contribution >= 0.6 is 0 Å². The standard InChI is InChI=1S/C29H40F2N2O6/c1-5-7-33(8-6-2)29(37)22-12-19(3)11-21(16-22)28(36)32-25(15-20-13-23(30)17-24(31)14-20)27(35)26(34)18-39-10-9-38-4/h11-14,16-17,25-27,34-35H,5-10,15,18H2,1-4H3,(H,32,36)/t25?,26?,27-/m1/s1. The predicted molar refractivity (Wildman–Crippen MR) is 144 cm³/mol. The molecule has 0 aromatic heterocycles. The predicted octanol–water partition coefficient (Wildman–Crippen LogP) is 3.26. The highest BCUT2D eigenvalue weighted by molar-refractivity contribution is 6.00. The Labute approximate surface area is 228 Å². The van der Waals surface area contributed by atoms with Crippen LogP contribution in [-0.4, -0.2) is 85.2 Å². The SMILES string of the molecule is CCCN(CCC)C(=O)c1cc(C)cc(C(=O)NC(Cc2cc(F)cc(F)c2)[C@@H](O)C(O)COCCOC)c1. The number of benzene rings is 2. The number of carbonyl (C=O) groups excluding carboxylic acids is 2. The molecule has 0 aliphatic heterocycles. The minimum Gasteiger partial charge on any atom is -0.388 e. The molecule has 2 unspecified atom stereocenters. The summed E-state index contributed by atoms with van der Waals surface area (Å²) in [5.74, 6) is -2.41. The van der Waals surface area contributed by atoms with Crippen LogP contribution in [0.2, 0.25) is 0 Å². The maximum Gasteiger partial charge on any atom is 0.253 e. The Hall–Kier alpha value is -2.92. The molecular weight excluding hydrogens is 510 g/mol. The van der Waals surface area contributed by atoms with Crippen molar-refractivity contribution < 1.29 is 38.1 Å². The number of nitrogens with one attached hydrogen (secondary N) is 1. The van der Waals surface area contributed by atoms with Gasteiger partial charge in [0.2, 0.25) is 0 Å². The van der Waals surface area contributed by atoms with Crippen LogP contribution < -0.4 is 5.32 Å². The fourth-order valence-corrected chi connectivity index (χ4v) is 4.28. The second-order valence-corrected chi connectivity index (χ2v) is 9.57. The van der Waals surface area contributed by atoms with Gasteiger partial charge in [-0.25, -0.2) is 8.78 Å². The van der Waals surface area contributed by atoms with Crippen molar-refractivity contribution in [3.05, 3.63) is 70.3 Å². The van der Waals surface area contributed by atoms with Crippen LogP contribution in [0.25, 0.3) is 0 Å². The molecule has 0 aliphatic carbocycles. The van der Waals surface area contributed by atoms with Crippen LogP contribution in [0.15, 0.2) is 36.4 Å². The van der Waals surface area contributed by atoms with E-state index in [1.54, 1.807) is 24.0 Å². The van der Waals surface area contributed by atoms with E-state index in [1.807, 2.05) is 13.8 Å². The number of hydrogen-bond acceptors (Lipinski definition) is 6. The largest absolute Gasteiger partial charge is 0.388 e. The molecular formula is C29H40F2N2O6. The Balaban J connectivity index is 2.31. The highest BCUT2D eigenvalue weighted by Crippen LogP contribution is 2.17. The molecule has 39 heavy (non-hydrogen) atoms. The van der Waals surface area contributed by atoms with Gasteiger partial charge in [-0.3, -0.25) is 9.59 Å². The summed E-state index contributed by atoms with van der Waals surface area (Å²) in [6.07, 6.45) is -1.52. The van der Waals surface area contributed by atoms with Gasteiger partial charge in [-0.2, -0.15) is 0 Å². The zero-order valence-electron chi connectivity index (χ0n) is 23.1. The van der Waals surface area contributed by atoms with E-state index in [0.29, 0.717) is 24.2 Å². The monoisotopic (exact) mass is 550 g/mol. The number of carbonyl (C=O) groups is 2. The van der Waals surface area contributed by atoms with Gasteiger partial charge in [-0.15, -0.1) is 0 Å². The number of amides is 2. The summed E-state index contributed by atoms with van der Waals surface area (Å²) in [7, 11) is 1.49. The van der Waals surface area contributed by atoms with Crippen molar-refractivity contribution >= 4 is 11.8 Å². The van der Waals surface area contributed by atoms with Crippen molar-refractivity contribution in [2.24, 2.45) is 0 Å². The van der Waals surface area contributed by atoms with Gasteiger partial charge in [0.1, 0.15) is 23.8 Å². The number of nitrogens with zero attached hydrogens (tertiary/aromatic N) is 1. The number of halogens is 2. The van der Waals surface area contributed by atoms with Gasteiger partial charge in [0.25, 0.3) is 11.8 Å². The van der Waals surface area contributed by atoms with E-state index in [4.69, 9.17) is 9.47 Å². The maximum atomic E-state index is 13.8. The van der Waals surface area contributed by atoms with Crippen molar-refractivity contribution in [3.63, 3.8) is 0 Å². The Bertz CT molecular complexity index is 1060. The van der Waals surface area contributed by atoms with Crippen LogP contribution in [0.3, 0.4) is 0 Å². The summed E-state index contributed by atoms with van der Waals surface area (Å²) in [4.78, 5) is 28.2. The number of ether oxygens (including phenoxy) is 2. The van der Waals surface area contributed by atoms with Crippen molar-refractivity contribution in [2.75, 3.05) is 40.0 Å². The number of aliphatic hydroxyl groups excluding tert-OH is 2. The van der Waals surface area contributed by atoms with Crippen LogP contribution in [-0.2, 0) is 15.9 Å². The van der Waals surface area contributed by atoms with Crippen molar-refractivity contribution in [1.29, 1.82) is 0 Å². The lowest BCUT2D eigenvalue weighted by atomic mass is 9.96. The first kappa shape index (κ1) is 32.3. The van der Waals surface area contributed by atoms with Gasteiger partial charge in [0.15, 0.2) is 0 Å². The summed E-state index contributed by atoms with van der Waals surface area (Å²) in [6.45, 7) is 7.13. The van der Waals surface area contributed by atoms with Crippen LogP contribution in [0.4, 0.5) is 8.78 Å². The summed E-state index contributed by atoms with van der Waals surface area (Å²) >= 11 is 0. The fraction of sp³-hybridized carbons (Fsp3) is 0.517. The number of rotatable bonds is 16. The molecule has 2 aromatic carbocycles. The minimum atomic E-state index is -1.53. The normalized spacial score (nSPS) is 13.5. The topological polar surface area (TPSA) is 108 Å². The van der Waals surface area contributed by atoms with Gasteiger partial charge in [0, 0.05) is 37.4 Å². The smallest absolute Gasteiger partial charge is 0.253 e. The Morgan fingerprint density at radius 3 is 2.15 bits per heavy atom. The van der Waals surface area contributed by atoms with Crippen molar-refractivity contribution in [3.8, 4) is 0 Å². The number of aryl methyl sites for hydroxylation is 1. The molecule has 0 aliphatic rings. The second-order valence-electron chi connectivity index (χ2n) is 9.57. The Kier molecular flexibility index (Phi) is 13.5. The van der Waals surface area contributed by atoms with E-state index in [2.05, 4.69) is 5.32 Å². The lowest BCUT2D eigenvalue weighted by Crippen LogP contribution is -2.51. The lowest BCUT2D eigenvalue weighted by Gasteiger charge is -2.28. The molecule has 0 saturated carbocycles. The summed E-state index contributed by atoms with van der Waals surface area (Å²) in [5, 5.41) is 24.1. The molecule has 216 valence electrons. The Morgan fingerprint density at radius 2 is 1.56 bits per heavy atom. The highest BCUT2D eigenvalue weighted by Gasteiger charge is 2.29. The average Bonchev–Trinajstić information content (AvgIpc) is 2.88. The van der Waals surface area contributed by atoms with E-state index >= 15 is 0 Å². The summed E-state index contributed by atoms with van der Waals surface area (Å²) in [5.41, 5.74) is 1.41. The number of methoxy groups -OCH3 is 1. The van der Waals surface area contributed by atoms with Gasteiger partial charge in [-0.05, 0) is 67.6 Å². The molecule has 3 N–H and O–H groups in total. The Morgan fingerprint density at radius 1 is 0.949 bits per heavy atom. The third-order valence-corrected chi connectivity index (χ3v) is 6.08. The van der Waals surface area contributed by atoms with E-state index in [0.717, 1.165) is 31.0 Å². The zero-order valence-corrected chi connectivity index (χ0v) is 23.1. The zero-order chi connectivity index (χ0) is 28.9. The third kappa shape index (κ3) is 10.3. The molecule has 2 amide bonds. The van der Waals surface area contributed by atoms with E-state index in [-0.39, 0.29) is 43.3 Å². The van der Waals surface area contributed by atoms with Gasteiger partial charge in [-0.1, -0.05) is 13.8 Å². The first-order chi connectivity index (χ1) is 18.6. The maximum absolute atomic E-state index is 13.8. The van der Waals surface area contributed by atoms with Crippen LogP contribution in [0.1, 0.15) is 58.5 Å². The molecule has 8 nitrogen and oxygen atoms in total. The van der Waals surface area contributed by atoms with E-state index in [9.17, 15) is 28.6 Å². The first-order valence-corrected chi connectivity index (χ1v) is 13.2. The molecule has 2 aromatic rings. The summed E-state index contributed by atoms with van der Waals surface area (Å²) < 4.78 is 37.9. The molecule has 0 heterocycles. The van der Waals surface area contributed by atoms with Gasteiger partial charge in [0.05, 0.1) is 25.9 Å². The molecule has 0 fully saturated rings. The van der Waals surface area contributed by atoms with Crippen molar-refractivity contribution in [2.45, 2.75) is 58.3 Å². The lowest BCUT2D eigenvalue weighted by molar-refractivity contribution is -0.0568. The third-order valence-electron chi connectivity index (χ3n) is 6.08. The molecule has 2 rings (SSSR count). The molecule has 3 atom stereocenters. The first-order valence-electron chi connectivity index (χ1n) is 13.2. The molecule has 0 spiro atoms. The molecule has 10 heteroatoms. The molecule has 0 radical (unpaired) electrons. The number of hydrogen-bond donors (Lipinski definition) is 3. The average molecular weight is 551 g/mol. The highest BCUT2D eigenvalue weighted by atomic mass is 19.1. The van der Waals surface area contributed by atoms with Gasteiger partial charge >= 0.3 is 0 Å². The molecule has 0 bridgehead atoms. The molecule has 0 saturated heterocycles.